The Morgan fingerprint density at radius 3 is 2.94 bits per heavy atom. The summed E-state index contributed by atoms with van der Waals surface area (Å²) in [4.78, 5) is 4.15. The van der Waals surface area contributed by atoms with Gasteiger partial charge in [0.1, 0.15) is 5.15 Å². The Morgan fingerprint density at radius 1 is 1.25 bits per heavy atom. The van der Waals surface area contributed by atoms with Crippen LogP contribution in [0.15, 0.2) is 24.4 Å². The van der Waals surface area contributed by atoms with Gasteiger partial charge in [-0.1, -0.05) is 23.7 Å². The summed E-state index contributed by atoms with van der Waals surface area (Å²) in [6.07, 6.45) is 6.65. The molecule has 0 unspecified atom stereocenters. The molecule has 1 fully saturated rings. The van der Waals surface area contributed by atoms with Crippen molar-refractivity contribution in [1.82, 2.24) is 10.3 Å². The van der Waals surface area contributed by atoms with Crippen LogP contribution in [0.25, 0.3) is 5.57 Å². The number of hydrogen-bond donors (Lipinski definition) is 1. The van der Waals surface area contributed by atoms with Gasteiger partial charge in [0.2, 0.25) is 0 Å². The lowest BCUT2D eigenvalue weighted by molar-refractivity contribution is 0.418. The monoisotopic (exact) mass is 234 g/mol. The van der Waals surface area contributed by atoms with E-state index in [4.69, 9.17) is 11.6 Å². The average molecular weight is 235 g/mol. The van der Waals surface area contributed by atoms with E-state index in [2.05, 4.69) is 22.4 Å². The van der Waals surface area contributed by atoms with Crippen molar-refractivity contribution in [1.29, 1.82) is 0 Å². The predicted molar refractivity (Wildman–Crippen MR) is 66.3 cm³/mol. The lowest BCUT2D eigenvalue weighted by Crippen LogP contribution is -2.16. The Hall–Kier alpha value is -0.860. The lowest BCUT2D eigenvalue weighted by Gasteiger charge is -2.24. The summed E-state index contributed by atoms with van der Waals surface area (Å²) in [7, 11) is 0. The third-order valence-electron chi connectivity index (χ3n) is 3.73. The number of halogens is 1. The van der Waals surface area contributed by atoms with Gasteiger partial charge in [0.15, 0.2) is 0 Å². The van der Waals surface area contributed by atoms with Crippen LogP contribution in [-0.2, 0) is 0 Å². The van der Waals surface area contributed by atoms with Crippen LogP contribution in [-0.4, -0.2) is 18.1 Å². The summed E-state index contributed by atoms with van der Waals surface area (Å²) < 4.78 is 0. The summed E-state index contributed by atoms with van der Waals surface area (Å²) >= 11 is 5.80. The summed E-state index contributed by atoms with van der Waals surface area (Å²) in [5, 5.41) is 4.05. The number of aromatic nitrogens is 1. The van der Waals surface area contributed by atoms with Crippen LogP contribution in [0.3, 0.4) is 0 Å². The minimum absolute atomic E-state index is 0.570. The highest BCUT2D eigenvalue weighted by Gasteiger charge is 2.30. The fraction of sp³-hybridized carbons (Fsp3) is 0.462. The van der Waals surface area contributed by atoms with Crippen LogP contribution < -0.4 is 5.32 Å². The molecule has 3 heteroatoms. The first-order valence-corrected chi connectivity index (χ1v) is 6.22. The van der Waals surface area contributed by atoms with Crippen LogP contribution in [0, 0.1) is 11.8 Å². The molecular formula is C13H15ClN2. The third-order valence-corrected chi connectivity index (χ3v) is 3.95. The molecular weight excluding hydrogens is 220 g/mol. The molecule has 3 rings (SSSR count). The Morgan fingerprint density at radius 2 is 2.12 bits per heavy atom. The Kier molecular flexibility index (Phi) is 2.70. The molecule has 2 nitrogen and oxygen atoms in total. The van der Waals surface area contributed by atoms with E-state index in [-0.39, 0.29) is 0 Å². The Bertz CT molecular complexity index is 410. The SMILES string of the molecule is Clc1ccc(C2=CC[C@@H]3CNC[C@@H]3C2)cn1. The van der Waals surface area contributed by atoms with Gasteiger partial charge in [-0.05, 0) is 55.0 Å². The second-order valence-electron chi connectivity index (χ2n) is 4.72. The smallest absolute Gasteiger partial charge is 0.129 e. The largest absolute Gasteiger partial charge is 0.316 e. The molecule has 1 aliphatic heterocycles. The fourth-order valence-electron chi connectivity index (χ4n) is 2.76. The van der Waals surface area contributed by atoms with Gasteiger partial charge in [-0.2, -0.15) is 0 Å². The highest BCUT2D eigenvalue weighted by atomic mass is 35.5. The molecule has 0 radical (unpaired) electrons. The molecule has 1 aromatic heterocycles. The molecule has 84 valence electrons. The first kappa shape index (κ1) is 10.3. The molecule has 0 spiro atoms. The lowest BCUT2D eigenvalue weighted by atomic mass is 9.80. The molecule has 0 aromatic carbocycles. The normalized spacial score (nSPS) is 28.7. The van der Waals surface area contributed by atoms with E-state index in [1.807, 2.05) is 12.3 Å². The molecule has 1 saturated heterocycles. The van der Waals surface area contributed by atoms with Crippen molar-refractivity contribution in [3.05, 3.63) is 35.1 Å². The number of hydrogen-bond acceptors (Lipinski definition) is 2. The molecule has 16 heavy (non-hydrogen) atoms. The van der Waals surface area contributed by atoms with Crippen molar-refractivity contribution in [3.63, 3.8) is 0 Å². The highest BCUT2D eigenvalue weighted by molar-refractivity contribution is 6.29. The molecule has 1 aromatic rings. The van der Waals surface area contributed by atoms with Crippen molar-refractivity contribution < 1.29 is 0 Å². The molecule has 2 heterocycles. The van der Waals surface area contributed by atoms with Gasteiger partial charge in [-0.15, -0.1) is 0 Å². The molecule has 2 atom stereocenters. The second kappa shape index (κ2) is 4.19. The topological polar surface area (TPSA) is 24.9 Å². The zero-order valence-electron chi connectivity index (χ0n) is 9.12. The Balaban J connectivity index is 1.83. The molecule has 0 saturated carbocycles. The minimum Gasteiger partial charge on any atom is -0.316 e. The van der Waals surface area contributed by atoms with Gasteiger partial charge < -0.3 is 5.32 Å². The number of nitrogens with one attached hydrogen (secondary N) is 1. The van der Waals surface area contributed by atoms with E-state index in [1.54, 1.807) is 0 Å². The standard InChI is InChI=1S/C13H15ClN2/c14-13-4-3-11(8-16-13)9-1-2-10-6-15-7-12(10)5-9/h1,3-4,8,10,12,15H,2,5-7H2/t10-,12+/m1/s1. The van der Waals surface area contributed by atoms with Crippen LogP contribution >= 0.6 is 11.6 Å². The van der Waals surface area contributed by atoms with Gasteiger partial charge in [-0.3, -0.25) is 0 Å². The maximum Gasteiger partial charge on any atom is 0.129 e. The summed E-state index contributed by atoms with van der Waals surface area (Å²) in [6, 6.07) is 3.95. The van der Waals surface area contributed by atoms with Crippen LogP contribution in [0.5, 0.6) is 0 Å². The van der Waals surface area contributed by atoms with Crippen LogP contribution in [0.1, 0.15) is 18.4 Å². The van der Waals surface area contributed by atoms with E-state index < -0.39 is 0 Å². The second-order valence-corrected chi connectivity index (χ2v) is 5.10. The summed E-state index contributed by atoms with van der Waals surface area (Å²) in [5.74, 6) is 1.67. The van der Waals surface area contributed by atoms with Crippen molar-refractivity contribution in [2.75, 3.05) is 13.1 Å². The van der Waals surface area contributed by atoms with E-state index in [0.29, 0.717) is 5.15 Å². The zero-order valence-corrected chi connectivity index (χ0v) is 9.87. The number of rotatable bonds is 1. The van der Waals surface area contributed by atoms with Crippen molar-refractivity contribution in [2.45, 2.75) is 12.8 Å². The highest BCUT2D eigenvalue weighted by Crippen LogP contribution is 2.36. The predicted octanol–water partition coefficient (Wildman–Crippen LogP) is 2.75. The molecule has 0 amide bonds. The number of fused-ring (bicyclic) bond motifs is 1. The minimum atomic E-state index is 0.570. The molecule has 0 bridgehead atoms. The summed E-state index contributed by atoms with van der Waals surface area (Å²) in [5.41, 5.74) is 2.67. The van der Waals surface area contributed by atoms with Crippen molar-refractivity contribution in [3.8, 4) is 0 Å². The average Bonchev–Trinajstić information content (AvgIpc) is 2.77. The summed E-state index contributed by atoms with van der Waals surface area (Å²) in [6.45, 7) is 2.36. The van der Waals surface area contributed by atoms with Gasteiger partial charge in [-0.25, -0.2) is 4.98 Å². The number of nitrogens with zero attached hydrogens (tertiary/aromatic N) is 1. The van der Waals surface area contributed by atoms with Crippen LogP contribution in [0.4, 0.5) is 0 Å². The number of allylic oxidation sites excluding steroid dienone is 2. The maximum absolute atomic E-state index is 5.80. The van der Waals surface area contributed by atoms with Crippen molar-refractivity contribution in [2.24, 2.45) is 11.8 Å². The molecule has 1 aliphatic carbocycles. The third kappa shape index (κ3) is 1.87. The maximum atomic E-state index is 5.80. The molecule has 2 aliphatic rings. The van der Waals surface area contributed by atoms with Gasteiger partial charge in [0.05, 0.1) is 0 Å². The van der Waals surface area contributed by atoms with E-state index in [9.17, 15) is 0 Å². The fourth-order valence-corrected chi connectivity index (χ4v) is 2.87. The first-order chi connectivity index (χ1) is 7.83. The first-order valence-electron chi connectivity index (χ1n) is 5.84. The van der Waals surface area contributed by atoms with Gasteiger partial charge in [0, 0.05) is 6.20 Å². The van der Waals surface area contributed by atoms with E-state index >= 15 is 0 Å². The zero-order chi connectivity index (χ0) is 11.0. The van der Waals surface area contributed by atoms with E-state index in [1.165, 1.54) is 37.1 Å². The molecule has 1 N–H and O–H groups in total. The van der Waals surface area contributed by atoms with E-state index in [0.717, 1.165) is 11.8 Å². The van der Waals surface area contributed by atoms with Crippen molar-refractivity contribution >= 4 is 17.2 Å². The quantitative estimate of drug-likeness (QED) is 0.756. The van der Waals surface area contributed by atoms with Crippen LogP contribution in [0.2, 0.25) is 5.15 Å². The van der Waals surface area contributed by atoms with Gasteiger partial charge >= 0.3 is 0 Å². The Labute approximate surface area is 101 Å². The van der Waals surface area contributed by atoms with Gasteiger partial charge in [0.25, 0.3) is 0 Å². The number of pyridine rings is 1.